The van der Waals surface area contributed by atoms with Crippen LogP contribution >= 0.6 is 0 Å². The van der Waals surface area contributed by atoms with Crippen LogP contribution in [0, 0.1) is 50.0 Å². The van der Waals surface area contributed by atoms with Gasteiger partial charge in [-0.05, 0) is 38.4 Å². The van der Waals surface area contributed by atoms with Crippen LogP contribution in [0.4, 0.5) is 22.7 Å². The lowest BCUT2D eigenvalue weighted by Crippen LogP contribution is -2.59. The number of hydrogen-bond acceptors (Lipinski definition) is 5. The van der Waals surface area contributed by atoms with Gasteiger partial charge in [0, 0.05) is 18.2 Å². The van der Waals surface area contributed by atoms with Crippen LogP contribution in [0.2, 0.25) is 0 Å². The molecule has 0 amide bonds. The molecule has 0 N–H and O–H groups in total. The number of benzene rings is 4. The Hall–Kier alpha value is -5.19. The first-order valence-electron chi connectivity index (χ1n) is 11.9. The molecule has 7 heteroatoms. The lowest BCUT2D eigenvalue weighted by molar-refractivity contribution is 0.446. The molecule has 3 heterocycles. The number of rotatable bonds is 1. The smallest absolute Gasteiger partial charge is 0.246 e. The Kier molecular flexibility index (Phi) is 4.09. The molecule has 4 aromatic rings. The third-order valence-electron chi connectivity index (χ3n) is 7.38. The van der Waals surface area contributed by atoms with Gasteiger partial charge in [0.15, 0.2) is 22.9 Å². The molecule has 172 valence electrons. The topological polar surface area (TPSA) is 73.6 Å². The molecule has 3 aliphatic rings. The molecule has 0 saturated heterocycles. The highest BCUT2D eigenvalue weighted by Crippen LogP contribution is 2.60. The molecule has 0 unspecified atom stereocenters. The molecular formula is C30H17BN4O2. The van der Waals surface area contributed by atoms with Crippen molar-refractivity contribution in [2.75, 3.05) is 4.90 Å². The van der Waals surface area contributed by atoms with Crippen LogP contribution < -0.4 is 30.8 Å². The largest absolute Gasteiger partial charge is 0.454 e. The van der Waals surface area contributed by atoms with E-state index in [1.165, 1.54) is 5.56 Å². The van der Waals surface area contributed by atoms with Gasteiger partial charge in [0.2, 0.25) is 6.71 Å². The molecule has 0 radical (unpaired) electrons. The van der Waals surface area contributed by atoms with Crippen LogP contribution in [0.1, 0.15) is 27.8 Å². The molecule has 4 aromatic carbocycles. The van der Waals surface area contributed by atoms with Crippen molar-refractivity contribution < 1.29 is 9.47 Å². The fourth-order valence-corrected chi connectivity index (χ4v) is 6.17. The zero-order chi connectivity index (χ0) is 25.6. The second-order valence-corrected chi connectivity index (χ2v) is 9.74. The molecule has 3 aliphatic heterocycles. The Bertz CT molecular complexity index is 1750. The van der Waals surface area contributed by atoms with Crippen molar-refractivity contribution in [2.24, 2.45) is 0 Å². The standard InChI is InChI=1S/C30H17BN4O2/c1-15-5-16(2)27(17(3)6-15)31-21-7-18(13-32)8-23-28(21)35-29-22(31)11-20(34-4)12-26(29)37-25-10-19(14-33)9-24(36-23)30(25)35/h5-12H,1-3H3. The fourth-order valence-electron chi connectivity index (χ4n) is 6.17. The maximum atomic E-state index is 9.93. The van der Waals surface area contributed by atoms with Crippen molar-refractivity contribution in [3.8, 4) is 35.1 Å². The van der Waals surface area contributed by atoms with Gasteiger partial charge in [0.05, 0.1) is 41.2 Å². The van der Waals surface area contributed by atoms with Crippen molar-refractivity contribution in [2.45, 2.75) is 20.8 Å². The maximum Gasteiger partial charge on any atom is 0.246 e. The summed E-state index contributed by atoms with van der Waals surface area (Å²) in [5, 5.41) is 19.6. The van der Waals surface area contributed by atoms with E-state index >= 15 is 0 Å². The van der Waals surface area contributed by atoms with Gasteiger partial charge in [0.25, 0.3) is 0 Å². The number of ether oxygens (including phenoxy) is 2. The normalized spacial score (nSPS) is 13.0. The summed E-state index contributed by atoms with van der Waals surface area (Å²) in [5.41, 5.74) is 10.3. The summed E-state index contributed by atoms with van der Waals surface area (Å²) in [6.07, 6.45) is 0. The molecule has 0 saturated carbocycles. The second kappa shape index (κ2) is 7.17. The second-order valence-electron chi connectivity index (χ2n) is 9.74. The first kappa shape index (κ1) is 21.1. The summed E-state index contributed by atoms with van der Waals surface area (Å²) in [6.45, 7) is 13.9. The van der Waals surface area contributed by atoms with Gasteiger partial charge in [-0.2, -0.15) is 10.5 Å². The number of nitriles is 2. The van der Waals surface area contributed by atoms with E-state index in [0.717, 1.165) is 44.6 Å². The molecule has 0 aromatic heterocycles. The third kappa shape index (κ3) is 2.73. The zero-order valence-electron chi connectivity index (χ0n) is 20.3. The molecule has 0 fully saturated rings. The van der Waals surface area contributed by atoms with Crippen molar-refractivity contribution in [3.63, 3.8) is 0 Å². The van der Waals surface area contributed by atoms with E-state index in [1.54, 1.807) is 24.3 Å². The summed E-state index contributed by atoms with van der Waals surface area (Å²) < 4.78 is 12.7. The SMILES string of the molecule is [C-]#[N+]c1cc2c3c(c1)B(c1c(C)cc(C)cc1C)c1cc(C#N)cc4c1N3c1c(cc(C#N)cc1O2)O4. The monoisotopic (exact) mass is 476 g/mol. The predicted octanol–water partition coefficient (Wildman–Crippen LogP) is 5.42. The summed E-state index contributed by atoms with van der Waals surface area (Å²) in [6, 6.07) is 19.6. The summed E-state index contributed by atoms with van der Waals surface area (Å²) >= 11 is 0. The van der Waals surface area contributed by atoms with Gasteiger partial charge in [0.1, 0.15) is 11.4 Å². The summed E-state index contributed by atoms with van der Waals surface area (Å²) in [5.74, 6) is 2.11. The van der Waals surface area contributed by atoms with Gasteiger partial charge in [-0.1, -0.05) is 45.8 Å². The Morgan fingerprint density at radius 2 is 1.24 bits per heavy atom. The average molecular weight is 476 g/mol. The Morgan fingerprint density at radius 1 is 0.730 bits per heavy atom. The highest BCUT2D eigenvalue weighted by molar-refractivity contribution is 6.98. The van der Waals surface area contributed by atoms with Crippen molar-refractivity contribution in [1.29, 1.82) is 10.5 Å². The number of nitrogens with zero attached hydrogens (tertiary/aromatic N) is 4. The van der Waals surface area contributed by atoms with Crippen LogP contribution in [-0.4, -0.2) is 6.71 Å². The van der Waals surface area contributed by atoms with E-state index in [0.29, 0.717) is 39.8 Å². The Balaban J connectivity index is 1.65. The quantitative estimate of drug-likeness (QED) is 0.234. The highest BCUT2D eigenvalue weighted by atomic mass is 16.5. The van der Waals surface area contributed by atoms with E-state index in [-0.39, 0.29) is 6.71 Å². The summed E-state index contributed by atoms with van der Waals surface area (Å²) in [7, 11) is 0. The van der Waals surface area contributed by atoms with Crippen molar-refractivity contribution >= 4 is 45.9 Å². The Labute approximate surface area is 214 Å². The van der Waals surface area contributed by atoms with Crippen LogP contribution in [0.3, 0.4) is 0 Å². The van der Waals surface area contributed by atoms with E-state index in [9.17, 15) is 10.5 Å². The minimum Gasteiger partial charge on any atom is -0.454 e. The van der Waals surface area contributed by atoms with Gasteiger partial charge in [-0.25, -0.2) is 4.85 Å². The molecule has 6 nitrogen and oxygen atoms in total. The van der Waals surface area contributed by atoms with Crippen molar-refractivity contribution in [3.05, 3.63) is 87.8 Å². The minimum atomic E-state index is -0.233. The molecular weight excluding hydrogens is 459 g/mol. The van der Waals surface area contributed by atoms with Crippen LogP contribution in [0.15, 0.2) is 48.5 Å². The third-order valence-corrected chi connectivity index (χ3v) is 7.38. The zero-order valence-corrected chi connectivity index (χ0v) is 20.3. The fraction of sp³-hybridized carbons (Fsp3) is 0.100. The summed E-state index contributed by atoms with van der Waals surface area (Å²) in [4.78, 5) is 5.88. The predicted molar refractivity (Wildman–Crippen MR) is 142 cm³/mol. The van der Waals surface area contributed by atoms with Crippen LogP contribution in [-0.2, 0) is 0 Å². The van der Waals surface area contributed by atoms with Crippen LogP contribution in [0.5, 0.6) is 23.0 Å². The lowest BCUT2D eigenvalue weighted by Gasteiger charge is -2.45. The number of aryl methyl sites for hydroxylation is 3. The molecule has 37 heavy (non-hydrogen) atoms. The highest BCUT2D eigenvalue weighted by Gasteiger charge is 2.46. The minimum absolute atomic E-state index is 0.233. The molecule has 0 atom stereocenters. The van der Waals surface area contributed by atoms with E-state index < -0.39 is 0 Å². The van der Waals surface area contributed by atoms with Gasteiger partial charge in [-0.3, -0.25) is 4.90 Å². The maximum absolute atomic E-state index is 9.93. The lowest BCUT2D eigenvalue weighted by atomic mass is 9.33. The van der Waals surface area contributed by atoms with E-state index in [2.05, 4.69) is 54.8 Å². The molecule has 0 aliphatic carbocycles. The Morgan fingerprint density at radius 3 is 1.81 bits per heavy atom. The number of hydrogen-bond donors (Lipinski definition) is 0. The van der Waals surface area contributed by atoms with Crippen LogP contribution in [0.25, 0.3) is 4.85 Å². The van der Waals surface area contributed by atoms with Crippen molar-refractivity contribution in [1.82, 2.24) is 0 Å². The first-order chi connectivity index (χ1) is 17.9. The van der Waals surface area contributed by atoms with E-state index in [1.807, 2.05) is 12.1 Å². The van der Waals surface area contributed by atoms with E-state index in [4.69, 9.17) is 16.0 Å². The number of anilines is 3. The van der Waals surface area contributed by atoms with Gasteiger partial charge in [-0.15, -0.1) is 0 Å². The first-order valence-corrected chi connectivity index (χ1v) is 11.9. The molecule has 7 rings (SSSR count). The van der Waals surface area contributed by atoms with Gasteiger partial charge >= 0.3 is 0 Å². The molecule has 0 bridgehead atoms. The molecule has 0 spiro atoms. The average Bonchev–Trinajstić information content (AvgIpc) is 2.88. The van der Waals surface area contributed by atoms with Gasteiger partial charge < -0.3 is 9.47 Å².